The number of thiophene rings is 1. The van der Waals surface area contributed by atoms with Crippen LogP contribution >= 0.6 is 22.9 Å². The number of nitrogens with zero attached hydrogens (tertiary/aromatic N) is 1. The largest absolute Gasteiger partial charge is 0.491 e. The van der Waals surface area contributed by atoms with E-state index in [1.807, 2.05) is 61.7 Å². The maximum absolute atomic E-state index is 13.2. The lowest BCUT2D eigenvalue weighted by molar-refractivity contribution is 0.0985. The molecular formula is C21H20ClNO2S. The number of para-hydroxylation sites is 1. The fourth-order valence-electron chi connectivity index (χ4n) is 2.60. The van der Waals surface area contributed by atoms with Crippen molar-refractivity contribution in [3.63, 3.8) is 0 Å². The van der Waals surface area contributed by atoms with Crippen LogP contribution in [0.1, 0.15) is 29.1 Å². The fraction of sp³-hybridized carbons (Fsp3) is 0.190. The van der Waals surface area contributed by atoms with Gasteiger partial charge in [-0.05, 0) is 61.7 Å². The van der Waals surface area contributed by atoms with Gasteiger partial charge in [0.1, 0.15) is 5.75 Å². The van der Waals surface area contributed by atoms with E-state index in [1.165, 1.54) is 0 Å². The molecule has 1 amide bonds. The van der Waals surface area contributed by atoms with Crippen LogP contribution < -0.4 is 9.64 Å². The molecule has 0 unspecified atom stereocenters. The maximum Gasteiger partial charge on any atom is 0.258 e. The number of hydrogen-bond acceptors (Lipinski definition) is 3. The van der Waals surface area contributed by atoms with Crippen molar-refractivity contribution in [1.29, 1.82) is 0 Å². The molecule has 0 saturated heterocycles. The molecule has 0 spiro atoms. The molecule has 26 heavy (non-hydrogen) atoms. The quantitative estimate of drug-likeness (QED) is 0.518. The molecule has 0 bridgehead atoms. The van der Waals surface area contributed by atoms with Crippen LogP contribution in [0, 0.1) is 0 Å². The lowest BCUT2D eigenvalue weighted by atomic mass is 10.1. The second-order valence-electron chi connectivity index (χ2n) is 6.11. The van der Waals surface area contributed by atoms with Crippen LogP contribution in [0.2, 0.25) is 5.02 Å². The molecular weight excluding hydrogens is 366 g/mol. The summed E-state index contributed by atoms with van der Waals surface area (Å²) >= 11 is 7.98. The SMILES string of the molecule is CC(C)Oc1ccc(C(=O)N(Cc2cccs2)c2ccccc2Cl)cc1. The first-order valence-corrected chi connectivity index (χ1v) is 9.66. The van der Waals surface area contributed by atoms with E-state index in [-0.39, 0.29) is 12.0 Å². The van der Waals surface area contributed by atoms with Gasteiger partial charge in [0, 0.05) is 10.4 Å². The molecule has 2 aromatic carbocycles. The average molecular weight is 386 g/mol. The monoisotopic (exact) mass is 385 g/mol. The van der Waals surface area contributed by atoms with Gasteiger partial charge in [0.15, 0.2) is 0 Å². The molecule has 3 rings (SSSR count). The number of hydrogen-bond donors (Lipinski definition) is 0. The normalized spacial score (nSPS) is 10.8. The molecule has 0 N–H and O–H groups in total. The van der Waals surface area contributed by atoms with Gasteiger partial charge in [0.25, 0.3) is 5.91 Å². The molecule has 1 aromatic heterocycles. The Kier molecular flexibility index (Phi) is 5.96. The number of amides is 1. The Morgan fingerprint density at radius 2 is 1.81 bits per heavy atom. The zero-order valence-corrected chi connectivity index (χ0v) is 16.3. The van der Waals surface area contributed by atoms with Crippen molar-refractivity contribution in [2.24, 2.45) is 0 Å². The van der Waals surface area contributed by atoms with Crippen molar-refractivity contribution in [2.45, 2.75) is 26.5 Å². The van der Waals surface area contributed by atoms with E-state index in [0.29, 0.717) is 22.8 Å². The van der Waals surface area contributed by atoms with Crippen LogP contribution in [0.15, 0.2) is 66.0 Å². The minimum absolute atomic E-state index is 0.0926. The first-order chi connectivity index (χ1) is 12.5. The summed E-state index contributed by atoms with van der Waals surface area (Å²) in [4.78, 5) is 16.0. The van der Waals surface area contributed by atoms with Crippen LogP contribution in [-0.4, -0.2) is 12.0 Å². The number of rotatable bonds is 6. The van der Waals surface area contributed by atoms with Crippen LogP contribution in [0.5, 0.6) is 5.75 Å². The van der Waals surface area contributed by atoms with E-state index in [4.69, 9.17) is 16.3 Å². The molecule has 5 heteroatoms. The Bertz CT molecular complexity index is 860. The van der Waals surface area contributed by atoms with Gasteiger partial charge in [-0.25, -0.2) is 0 Å². The van der Waals surface area contributed by atoms with E-state index >= 15 is 0 Å². The maximum atomic E-state index is 13.2. The molecule has 134 valence electrons. The van der Waals surface area contributed by atoms with Crippen LogP contribution in [0.4, 0.5) is 5.69 Å². The second-order valence-corrected chi connectivity index (χ2v) is 7.55. The second kappa shape index (κ2) is 8.39. The Morgan fingerprint density at radius 1 is 1.08 bits per heavy atom. The third kappa shape index (κ3) is 4.45. The van der Waals surface area contributed by atoms with Crippen LogP contribution in [0.25, 0.3) is 0 Å². The van der Waals surface area contributed by atoms with Crippen molar-refractivity contribution >= 4 is 34.5 Å². The number of halogens is 1. The van der Waals surface area contributed by atoms with Crippen molar-refractivity contribution in [3.8, 4) is 5.75 Å². The minimum atomic E-state index is -0.0948. The fourth-order valence-corrected chi connectivity index (χ4v) is 3.53. The van der Waals surface area contributed by atoms with Crippen LogP contribution in [0.3, 0.4) is 0 Å². The minimum Gasteiger partial charge on any atom is -0.491 e. The molecule has 0 aliphatic carbocycles. The Morgan fingerprint density at radius 3 is 2.42 bits per heavy atom. The Labute approximate surface area is 162 Å². The molecule has 0 radical (unpaired) electrons. The van der Waals surface area contributed by atoms with E-state index in [9.17, 15) is 4.79 Å². The summed E-state index contributed by atoms with van der Waals surface area (Å²) in [6.07, 6.45) is 0.0926. The summed E-state index contributed by atoms with van der Waals surface area (Å²) in [6.45, 7) is 4.42. The van der Waals surface area contributed by atoms with E-state index < -0.39 is 0 Å². The highest BCUT2D eigenvalue weighted by atomic mass is 35.5. The lowest BCUT2D eigenvalue weighted by Gasteiger charge is -2.23. The average Bonchev–Trinajstić information content (AvgIpc) is 3.13. The molecule has 3 aromatic rings. The molecule has 0 aliphatic rings. The lowest BCUT2D eigenvalue weighted by Crippen LogP contribution is -2.30. The van der Waals surface area contributed by atoms with Gasteiger partial charge >= 0.3 is 0 Å². The van der Waals surface area contributed by atoms with Gasteiger partial charge in [-0.15, -0.1) is 11.3 Å². The smallest absolute Gasteiger partial charge is 0.258 e. The summed E-state index contributed by atoms with van der Waals surface area (Å²) in [6, 6.07) is 18.6. The summed E-state index contributed by atoms with van der Waals surface area (Å²) < 4.78 is 5.65. The summed E-state index contributed by atoms with van der Waals surface area (Å²) in [5.41, 5.74) is 1.30. The van der Waals surface area contributed by atoms with Gasteiger partial charge in [-0.2, -0.15) is 0 Å². The molecule has 0 aliphatic heterocycles. The van der Waals surface area contributed by atoms with Crippen molar-refractivity contribution < 1.29 is 9.53 Å². The van der Waals surface area contributed by atoms with Gasteiger partial charge < -0.3 is 9.64 Å². The summed E-state index contributed by atoms with van der Waals surface area (Å²) in [5.74, 6) is 0.654. The van der Waals surface area contributed by atoms with E-state index in [0.717, 1.165) is 10.6 Å². The van der Waals surface area contributed by atoms with Gasteiger partial charge in [0.05, 0.1) is 23.4 Å². The molecule has 1 heterocycles. The number of carbonyl (C=O) groups excluding carboxylic acids is 1. The summed E-state index contributed by atoms with van der Waals surface area (Å²) in [7, 11) is 0. The highest BCUT2D eigenvalue weighted by molar-refractivity contribution is 7.09. The molecule has 0 fully saturated rings. The zero-order chi connectivity index (χ0) is 18.5. The van der Waals surface area contributed by atoms with Crippen molar-refractivity contribution in [1.82, 2.24) is 0 Å². The van der Waals surface area contributed by atoms with Crippen molar-refractivity contribution in [3.05, 3.63) is 81.5 Å². The van der Waals surface area contributed by atoms with Gasteiger partial charge in [-0.3, -0.25) is 4.79 Å². The van der Waals surface area contributed by atoms with E-state index in [1.54, 1.807) is 34.4 Å². The third-order valence-corrected chi connectivity index (χ3v) is 4.94. The molecule has 0 saturated carbocycles. The third-order valence-electron chi connectivity index (χ3n) is 3.76. The highest BCUT2D eigenvalue weighted by Crippen LogP contribution is 2.29. The van der Waals surface area contributed by atoms with Crippen LogP contribution in [-0.2, 0) is 6.54 Å². The van der Waals surface area contributed by atoms with Gasteiger partial charge in [0.2, 0.25) is 0 Å². The summed E-state index contributed by atoms with van der Waals surface area (Å²) in [5, 5.41) is 2.56. The zero-order valence-electron chi connectivity index (χ0n) is 14.7. The van der Waals surface area contributed by atoms with Gasteiger partial charge in [-0.1, -0.05) is 29.8 Å². The molecule has 0 atom stereocenters. The number of carbonyl (C=O) groups is 1. The topological polar surface area (TPSA) is 29.5 Å². The highest BCUT2D eigenvalue weighted by Gasteiger charge is 2.20. The number of benzene rings is 2. The van der Waals surface area contributed by atoms with Crippen molar-refractivity contribution in [2.75, 3.05) is 4.90 Å². The predicted molar refractivity (Wildman–Crippen MR) is 108 cm³/mol. The first-order valence-electron chi connectivity index (χ1n) is 8.40. The predicted octanol–water partition coefficient (Wildman–Crippen LogP) is 6.04. The Balaban J connectivity index is 1.90. The standard InChI is InChI=1S/C21H20ClNO2S/c1-15(2)25-17-11-9-16(10-12-17)21(24)23(14-18-6-5-13-26-18)20-8-4-3-7-19(20)22/h3-13,15H,14H2,1-2H3. The first kappa shape index (κ1) is 18.5. The Hall–Kier alpha value is -2.30. The molecule has 3 nitrogen and oxygen atoms in total. The number of ether oxygens (including phenoxy) is 1. The van der Waals surface area contributed by atoms with E-state index in [2.05, 4.69) is 0 Å². The number of anilines is 1.